The lowest BCUT2D eigenvalue weighted by Gasteiger charge is -2.00. The van der Waals surface area contributed by atoms with Gasteiger partial charge in [0.25, 0.3) is 0 Å². The van der Waals surface area contributed by atoms with Gasteiger partial charge in [-0.1, -0.05) is 18.2 Å². The molecule has 3 rings (SSSR count). The van der Waals surface area contributed by atoms with Gasteiger partial charge in [-0.3, -0.25) is 9.89 Å². The van der Waals surface area contributed by atoms with Crippen LogP contribution >= 0.6 is 0 Å². The number of fused-ring (bicyclic) bond motifs is 1. The molecule has 96 valence electrons. The summed E-state index contributed by atoms with van der Waals surface area (Å²) in [4.78, 5) is 13.9. The molecule has 2 aromatic heterocycles. The van der Waals surface area contributed by atoms with Gasteiger partial charge < -0.3 is 10.1 Å². The van der Waals surface area contributed by atoms with Crippen LogP contribution in [0.2, 0.25) is 0 Å². The fraction of sp³-hybridized carbons (Fsp3) is 0.143. The summed E-state index contributed by atoms with van der Waals surface area (Å²) in [5.74, 6) is -0.806. The van der Waals surface area contributed by atoms with Crippen molar-refractivity contribution in [3.05, 3.63) is 42.4 Å². The highest BCUT2D eigenvalue weighted by atomic mass is 16.4. The van der Waals surface area contributed by atoms with Gasteiger partial charge in [0, 0.05) is 40.3 Å². The minimum Gasteiger partial charge on any atom is -0.481 e. The van der Waals surface area contributed by atoms with E-state index in [0.717, 1.165) is 27.7 Å². The monoisotopic (exact) mass is 255 g/mol. The van der Waals surface area contributed by atoms with E-state index in [9.17, 15) is 4.79 Å². The van der Waals surface area contributed by atoms with Crippen LogP contribution in [0.4, 0.5) is 0 Å². The molecule has 5 heteroatoms. The lowest BCUT2D eigenvalue weighted by Crippen LogP contribution is -1.98. The van der Waals surface area contributed by atoms with Crippen molar-refractivity contribution in [2.24, 2.45) is 0 Å². The zero-order valence-electron chi connectivity index (χ0n) is 10.2. The molecule has 0 aliphatic heterocycles. The molecular formula is C14H13N3O2. The molecule has 3 N–H and O–H groups in total. The first-order chi connectivity index (χ1) is 9.25. The van der Waals surface area contributed by atoms with Gasteiger partial charge in [-0.2, -0.15) is 5.10 Å². The Morgan fingerprint density at radius 3 is 2.95 bits per heavy atom. The molecule has 19 heavy (non-hydrogen) atoms. The maximum absolute atomic E-state index is 10.7. The van der Waals surface area contributed by atoms with E-state index in [-0.39, 0.29) is 6.42 Å². The summed E-state index contributed by atoms with van der Waals surface area (Å²) in [6.07, 6.45) is 4.22. The van der Waals surface area contributed by atoms with Crippen LogP contribution < -0.4 is 0 Å². The number of carboxylic acid groups (broad SMARTS) is 1. The second-order valence-electron chi connectivity index (χ2n) is 4.40. The van der Waals surface area contributed by atoms with Crippen molar-refractivity contribution in [1.82, 2.24) is 15.2 Å². The molecule has 0 atom stereocenters. The van der Waals surface area contributed by atoms with Crippen LogP contribution in [0, 0.1) is 0 Å². The molecule has 1 aromatic carbocycles. The number of aryl methyl sites for hydroxylation is 1. The average molecular weight is 255 g/mol. The predicted molar refractivity (Wildman–Crippen MR) is 71.8 cm³/mol. The number of aromatic amines is 2. The third kappa shape index (κ3) is 2.10. The summed E-state index contributed by atoms with van der Waals surface area (Å²) < 4.78 is 0. The van der Waals surface area contributed by atoms with E-state index in [4.69, 9.17) is 5.11 Å². The average Bonchev–Trinajstić information content (AvgIpc) is 3.02. The van der Waals surface area contributed by atoms with Crippen LogP contribution in [0.5, 0.6) is 0 Å². The number of carboxylic acids is 1. The minimum atomic E-state index is -0.806. The number of aliphatic carboxylic acids is 1. The summed E-state index contributed by atoms with van der Waals surface area (Å²) >= 11 is 0. The summed E-state index contributed by atoms with van der Waals surface area (Å²) in [6, 6.07) is 8.00. The van der Waals surface area contributed by atoms with E-state index >= 15 is 0 Å². The smallest absolute Gasteiger partial charge is 0.303 e. The molecule has 0 saturated carbocycles. The van der Waals surface area contributed by atoms with Gasteiger partial charge in [-0.05, 0) is 6.07 Å². The number of nitrogens with one attached hydrogen (secondary N) is 2. The number of rotatable bonds is 4. The Bertz CT molecular complexity index is 727. The highest BCUT2D eigenvalue weighted by Crippen LogP contribution is 2.30. The first-order valence-electron chi connectivity index (χ1n) is 6.06. The topological polar surface area (TPSA) is 81.8 Å². The molecule has 0 amide bonds. The van der Waals surface area contributed by atoms with Crippen molar-refractivity contribution >= 4 is 16.9 Å². The van der Waals surface area contributed by atoms with Gasteiger partial charge in [0.05, 0.1) is 12.6 Å². The zero-order chi connectivity index (χ0) is 13.2. The van der Waals surface area contributed by atoms with Gasteiger partial charge in [0.15, 0.2) is 0 Å². The van der Waals surface area contributed by atoms with Crippen molar-refractivity contribution < 1.29 is 9.90 Å². The Kier molecular flexibility index (Phi) is 2.79. The van der Waals surface area contributed by atoms with Crippen molar-refractivity contribution in [1.29, 1.82) is 0 Å². The van der Waals surface area contributed by atoms with Crippen LogP contribution in [0.25, 0.3) is 22.0 Å². The summed E-state index contributed by atoms with van der Waals surface area (Å²) in [5.41, 5.74) is 3.92. The van der Waals surface area contributed by atoms with Crippen molar-refractivity contribution in [2.75, 3.05) is 0 Å². The minimum absolute atomic E-state index is 0.0948. The maximum Gasteiger partial charge on any atom is 0.303 e. The Morgan fingerprint density at radius 1 is 1.26 bits per heavy atom. The van der Waals surface area contributed by atoms with E-state index in [1.54, 1.807) is 6.20 Å². The molecule has 0 unspecified atom stereocenters. The number of para-hydroxylation sites is 1. The molecule has 0 bridgehead atoms. The fourth-order valence-corrected chi connectivity index (χ4v) is 2.26. The van der Waals surface area contributed by atoms with Crippen molar-refractivity contribution in [3.8, 4) is 11.1 Å². The third-order valence-electron chi connectivity index (χ3n) is 3.19. The van der Waals surface area contributed by atoms with E-state index in [0.29, 0.717) is 6.42 Å². The number of hydrogen-bond donors (Lipinski definition) is 3. The number of nitrogens with zero attached hydrogens (tertiary/aromatic N) is 1. The van der Waals surface area contributed by atoms with E-state index < -0.39 is 5.97 Å². The Morgan fingerprint density at radius 2 is 2.11 bits per heavy atom. The second kappa shape index (κ2) is 4.61. The summed E-state index contributed by atoms with van der Waals surface area (Å²) in [7, 11) is 0. The van der Waals surface area contributed by atoms with Crippen LogP contribution in [0.15, 0.2) is 36.7 Å². The highest BCUT2D eigenvalue weighted by molar-refractivity contribution is 5.95. The molecule has 0 aliphatic carbocycles. The van der Waals surface area contributed by atoms with Gasteiger partial charge in [0.2, 0.25) is 0 Å². The molecule has 0 fully saturated rings. The first-order valence-corrected chi connectivity index (χ1v) is 6.06. The lowest BCUT2D eigenvalue weighted by atomic mass is 10.0. The number of benzene rings is 1. The molecular weight excluding hydrogens is 242 g/mol. The van der Waals surface area contributed by atoms with Gasteiger partial charge in [0.1, 0.15) is 0 Å². The number of hydrogen-bond acceptors (Lipinski definition) is 2. The molecule has 2 heterocycles. The van der Waals surface area contributed by atoms with Crippen molar-refractivity contribution in [3.63, 3.8) is 0 Å². The van der Waals surface area contributed by atoms with Gasteiger partial charge in [-0.25, -0.2) is 0 Å². The Hall–Kier alpha value is -2.56. The van der Waals surface area contributed by atoms with Crippen LogP contribution in [-0.2, 0) is 11.2 Å². The fourth-order valence-electron chi connectivity index (χ4n) is 2.26. The largest absolute Gasteiger partial charge is 0.481 e. The molecule has 3 aromatic rings. The summed E-state index contributed by atoms with van der Waals surface area (Å²) in [6.45, 7) is 0. The predicted octanol–water partition coefficient (Wildman–Crippen LogP) is 2.58. The normalized spacial score (nSPS) is 10.9. The Balaban J connectivity index is 2.02. The number of aromatic nitrogens is 3. The van der Waals surface area contributed by atoms with Gasteiger partial charge in [-0.15, -0.1) is 0 Å². The third-order valence-corrected chi connectivity index (χ3v) is 3.19. The molecule has 5 nitrogen and oxygen atoms in total. The van der Waals surface area contributed by atoms with E-state index in [2.05, 4.69) is 15.2 Å². The Labute approximate surface area is 109 Å². The maximum atomic E-state index is 10.7. The molecule has 0 spiro atoms. The van der Waals surface area contributed by atoms with Crippen LogP contribution in [-0.4, -0.2) is 26.3 Å². The van der Waals surface area contributed by atoms with Crippen LogP contribution in [0.3, 0.4) is 0 Å². The first kappa shape index (κ1) is 11.5. The van der Waals surface area contributed by atoms with Gasteiger partial charge >= 0.3 is 5.97 Å². The lowest BCUT2D eigenvalue weighted by molar-refractivity contribution is -0.136. The van der Waals surface area contributed by atoms with E-state index in [1.807, 2.05) is 30.5 Å². The summed E-state index contributed by atoms with van der Waals surface area (Å²) in [5, 5.41) is 16.8. The molecule has 0 aliphatic rings. The standard InChI is InChI=1S/C14H13N3O2/c18-14(19)6-5-13-11(8-16-17-13)10-7-15-12-4-2-1-3-9(10)12/h1-4,7-8,15H,5-6H2,(H,16,17)(H,18,19). The van der Waals surface area contributed by atoms with E-state index in [1.165, 1.54) is 0 Å². The molecule has 0 saturated heterocycles. The van der Waals surface area contributed by atoms with Crippen molar-refractivity contribution in [2.45, 2.75) is 12.8 Å². The molecule has 0 radical (unpaired) electrons. The second-order valence-corrected chi connectivity index (χ2v) is 4.40. The van der Waals surface area contributed by atoms with Crippen LogP contribution in [0.1, 0.15) is 12.1 Å². The zero-order valence-corrected chi connectivity index (χ0v) is 10.2. The quantitative estimate of drug-likeness (QED) is 0.670. The number of H-pyrrole nitrogens is 2. The highest BCUT2D eigenvalue weighted by Gasteiger charge is 2.12. The number of carbonyl (C=O) groups is 1. The SMILES string of the molecule is O=C(O)CCc1[nH]ncc1-c1c[nH]c2ccccc12.